The van der Waals surface area contributed by atoms with E-state index in [-0.39, 0.29) is 24.1 Å². The zero-order valence-electron chi connectivity index (χ0n) is 12.3. The number of carbonyl (C=O) groups excluding carboxylic acids is 1. The molecule has 0 fully saturated rings. The van der Waals surface area contributed by atoms with Gasteiger partial charge in [-0.25, -0.2) is 0 Å². The molecule has 0 bridgehead atoms. The Morgan fingerprint density at radius 3 is 2.44 bits per heavy atom. The van der Waals surface area contributed by atoms with Crippen LogP contribution in [0.15, 0.2) is 0 Å². The molecule has 0 spiro atoms. The maximum atomic E-state index is 11.8. The van der Waals surface area contributed by atoms with Crippen LogP contribution in [0.4, 0.5) is 0 Å². The molecule has 3 atom stereocenters. The summed E-state index contributed by atoms with van der Waals surface area (Å²) in [6.45, 7) is 7.11. The van der Waals surface area contributed by atoms with Gasteiger partial charge in [-0.2, -0.15) is 0 Å². The van der Waals surface area contributed by atoms with Gasteiger partial charge >= 0.3 is 0 Å². The second-order valence-electron chi connectivity index (χ2n) is 4.64. The molecule has 0 saturated heterocycles. The molecule has 5 heteroatoms. The minimum Gasteiger partial charge on any atom is -0.382 e. The summed E-state index contributed by atoms with van der Waals surface area (Å²) < 4.78 is 10.2. The van der Waals surface area contributed by atoms with E-state index < -0.39 is 0 Å². The zero-order valence-corrected chi connectivity index (χ0v) is 12.3. The standard InChI is InChI=1S/C13H28N2O3/c1-6-7-10(2)15-13(16)11(3)14-8-12(18-5)9-17-4/h10-12,14H,6-9H2,1-5H3,(H,15,16). The smallest absolute Gasteiger partial charge is 0.237 e. The Morgan fingerprint density at radius 1 is 1.28 bits per heavy atom. The fourth-order valence-electron chi connectivity index (χ4n) is 1.67. The van der Waals surface area contributed by atoms with Crippen LogP contribution in [0.3, 0.4) is 0 Å². The van der Waals surface area contributed by atoms with Gasteiger partial charge in [-0.15, -0.1) is 0 Å². The van der Waals surface area contributed by atoms with Crippen LogP contribution in [0.25, 0.3) is 0 Å². The Morgan fingerprint density at radius 2 is 1.94 bits per heavy atom. The molecule has 0 heterocycles. The van der Waals surface area contributed by atoms with E-state index in [0.717, 1.165) is 12.8 Å². The lowest BCUT2D eigenvalue weighted by atomic mass is 10.2. The van der Waals surface area contributed by atoms with E-state index >= 15 is 0 Å². The van der Waals surface area contributed by atoms with Crippen LogP contribution in [0.5, 0.6) is 0 Å². The summed E-state index contributed by atoms with van der Waals surface area (Å²) in [5, 5.41) is 6.13. The lowest BCUT2D eigenvalue weighted by Crippen LogP contribution is -2.48. The van der Waals surface area contributed by atoms with E-state index in [1.165, 1.54) is 0 Å². The highest BCUT2D eigenvalue weighted by molar-refractivity contribution is 5.81. The topological polar surface area (TPSA) is 59.6 Å². The van der Waals surface area contributed by atoms with Crippen LogP contribution in [0, 0.1) is 0 Å². The Hall–Kier alpha value is -0.650. The average Bonchev–Trinajstić information content (AvgIpc) is 2.34. The van der Waals surface area contributed by atoms with Gasteiger partial charge in [0.15, 0.2) is 0 Å². The molecule has 0 aromatic rings. The summed E-state index contributed by atoms with van der Waals surface area (Å²) >= 11 is 0. The summed E-state index contributed by atoms with van der Waals surface area (Å²) in [6.07, 6.45) is 2.05. The molecular weight excluding hydrogens is 232 g/mol. The van der Waals surface area contributed by atoms with Crippen molar-refractivity contribution >= 4 is 5.91 Å². The highest BCUT2D eigenvalue weighted by atomic mass is 16.5. The van der Waals surface area contributed by atoms with Crippen molar-refractivity contribution < 1.29 is 14.3 Å². The van der Waals surface area contributed by atoms with Gasteiger partial charge in [-0.05, 0) is 20.3 Å². The third-order valence-corrected chi connectivity index (χ3v) is 2.84. The van der Waals surface area contributed by atoms with Gasteiger partial charge in [0.05, 0.1) is 18.8 Å². The number of hydrogen-bond acceptors (Lipinski definition) is 4. The fraction of sp³-hybridized carbons (Fsp3) is 0.923. The highest BCUT2D eigenvalue weighted by Crippen LogP contribution is 1.96. The van der Waals surface area contributed by atoms with Crippen molar-refractivity contribution in [2.45, 2.75) is 51.8 Å². The van der Waals surface area contributed by atoms with Crippen molar-refractivity contribution in [3.8, 4) is 0 Å². The number of carbonyl (C=O) groups is 1. The van der Waals surface area contributed by atoms with Crippen LogP contribution in [0.2, 0.25) is 0 Å². The third kappa shape index (κ3) is 7.63. The molecule has 18 heavy (non-hydrogen) atoms. The van der Waals surface area contributed by atoms with Crippen LogP contribution < -0.4 is 10.6 Å². The molecule has 0 radical (unpaired) electrons. The predicted molar refractivity (Wildman–Crippen MR) is 72.7 cm³/mol. The van der Waals surface area contributed by atoms with Gasteiger partial charge in [-0.1, -0.05) is 13.3 Å². The van der Waals surface area contributed by atoms with Crippen molar-refractivity contribution in [2.24, 2.45) is 0 Å². The maximum Gasteiger partial charge on any atom is 0.237 e. The Bertz CT molecular complexity index is 224. The molecule has 0 aromatic heterocycles. The molecule has 108 valence electrons. The van der Waals surface area contributed by atoms with Crippen LogP contribution >= 0.6 is 0 Å². The lowest BCUT2D eigenvalue weighted by molar-refractivity contribution is -0.123. The molecule has 0 aliphatic rings. The average molecular weight is 260 g/mol. The van der Waals surface area contributed by atoms with Gasteiger partial charge in [-0.3, -0.25) is 4.79 Å². The number of hydrogen-bond donors (Lipinski definition) is 2. The summed E-state index contributed by atoms with van der Waals surface area (Å²) in [4.78, 5) is 11.8. The van der Waals surface area contributed by atoms with E-state index in [9.17, 15) is 4.79 Å². The van der Waals surface area contributed by atoms with Gasteiger partial charge in [0.1, 0.15) is 0 Å². The van der Waals surface area contributed by atoms with E-state index in [0.29, 0.717) is 13.2 Å². The molecule has 0 aromatic carbocycles. The van der Waals surface area contributed by atoms with E-state index in [1.54, 1.807) is 14.2 Å². The lowest BCUT2D eigenvalue weighted by Gasteiger charge is -2.20. The molecule has 0 aliphatic carbocycles. The number of rotatable bonds is 10. The Kier molecular flexibility index (Phi) is 9.92. The molecule has 1 amide bonds. The molecule has 3 unspecified atom stereocenters. The highest BCUT2D eigenvalue weighted by Gasteiger charge is 2.16. The third-order valence-electron chi connectivity index (χ3n) is 2.84. The van der Waals surface area contributed by atoms with Gasteiger partial charge in [0.25, 0.3) is 0 Å². The maximum absolute atomic E-state index is 11.8. The molecule has 0 rings (SSSR count). The first-order valence-electron chi connectivity index (χ1n) is 6.60. The molecule has 0 aliphatic heterocycles. The SMILES string of the molecule is CCCC(C)NC(=O)C(C)NCC(COC)OC. The number of methoxy groups -OCH3 is 2. The number of ether oxygens (including phenoxy) is 2. The van der Waals surface area contributed by atoms with Crippen LogP contribution in [0.1, 0.15) is 33.6 Å². The van der Waals surface area contributed by atoms with Crippen molar-refractivity contribution in [1.29, 1.82) is 0 Å². The molecule has 2 N–H and O–H groups in total. The summed E-state index contributed by atoms with van der Waals surface area (Å²) in [5.74, 6) is 0.0308. The number of nitrogens with one attached hydrogen (secondary N) is 2. The number of amides is 1. The van der Waals surface area contributed by atoms with Gasteiger partial charge in [0, 0.05) is 26.8 Å². The van der Waals surface area contributed by atoms with Crippen molar-refractivity contribution in [1.82, 2.24) is 10.6 Å². The van der Waals surface area contributed by atoms with Crippen LogP contribution in [-0.2, 0) is 14.3 Å². The fourth-order valence-corrected chi connectivity index (χ4v) is 1.67. The van der Waals surface area contributed by atoms with Crippen molar-refractivity contribution in [2.75, 3.05) is 27.4 Å². The van der Waals surface area contributed by atoms with Gasteiger partial charge in [0.2, 0.25) is 5.91 Å². The Labute approximate surface area is 111 Å². The van der Waals surface area contributed by atoms with Crippen molar-refractivity contribution in [3.63, 3.8) is 0 Å². The second kappa shape index (κ2) is 10.3. The zero-order chi connectivity index (χ0) is 14.0. The first-order valence-corrected chi connectivity index (χ1v) is 6.60. The van der Waals surface area contributed by atoms with E-state index in [4.69, 9.17) is 9.47 Å². The largest absolute Gasteiger partial charge is 0.382 e. The molecule has 5 nitrogen and oxygen atoms in total. The van der Waals surface area contributed by atoms with Crippen molar-refractivity contribution in [3.05, 3.63) is 0 Å². The summed E-state index contributed by atoms with van der Waals surface area (Å²) in [5.41, 5.74) is 0. The molecular formula is C13H28N2O3. The Balaban J connectivity index is 3.92. The normalized spacial score (nSPS) is 16.1. The summed E-state index contributed by atoms with van der Waals surface area (Å²) in [6, 6.07) is 0.00256. The minimum absolute atomic E-state index is 0.0293. The first-order chi connectivity index (χ1) is 8.54. The molecule has 0 saturated carbocycles. The minimum atomic E-state index is -0.223. The predicted octanol–water partition coefficient (Wildman–Crippen LogP) is 0.931. The quantitative estimate of drug-likeness (QED) is 0.613. The van der Waals surface area contributed by atoms with Gasteiger partial charge < -0.3 is 20.1 Å². The second-order valence-corrected chi connectivity index (χ2v) is 4.64. The van der Waals surface area contributed by atoms with E-state index in [1.807, 2.05) is 13.8 Å². The summed E-state index contributed by atoms with van der Waals surface area (Å²) in [7, 11) is 3.27. The van der Waals surface area contributed by atoms with E-state index in [2.05, 4.69) is 17.6 Å². The monoisotopic (exact) mass is 260 g/mol. The first kappa shape index (κ1) is 17.4. The van der Waals surface area contributed by atoms with Crippen LogP contribution in [-0.4, -0.2) is 51.5 Å².